The largest absolute Gasteiger partial charge is 0.344 e. The van der Waals surface area contributed by atoms with Crippen molar-refractivity contribution in [3.63, 3.8) is 0 Å². The van der Waals surface area contributed by atoms with E-state index in [1.807, 2.05) is 13.8 Å². The Morgan fingerprint density at radius 1 is 1.40 bits per heavy atom. The minimum atomic E-state index is -0.236. The highest BCUT2D eigenvalue weighted by atomic mass is 32.2. The van der Waals surface area contributed by atoms with Crippen LogP contribution < -0.4 is 0 Å². The van der Waals surface area contributed by atoms with E-state index in [4.69, 9.17) is 5.26 Å². The van der Waals surface area contributed by atoms with Crippen molar-refractivity contribution < 1.29 is 4.79 Å². The lowest BCUT2D eigenvalue weighted by atomic mass is 9.97. The summed E-state index contributed by atoms with van der Waals surface area (Å²) in [5.74, 6) is 0.792. The number of carbonyl (C=O) groups excluding carboxylic acids is 1. The van der Waals surface area contributed by atoms with Crippen LogP contribution in [-0.2, 0) is 17.6 Å². The van der Waals surface area contributed by atoms with Gasteiger partial charge >= 0.3 is 0 Å². The smallest absolute Gasteiger partial charge is 0.235 e. The molecule has 0 radical (unpaired) electrons. The van der Waals surface area contributed by atoms with E-state index in [-0.39, 0.29) is 11.2 Å². The van der Waals surface area contributed by atoms with Crippen LogP contribution in [0.5, 0.6) is 0 Å². The summed E-state index contributed by atoms with van der Waals surface area (Å²) in [5, 5.41) is 10.6. The van der Waals surface area contributed by atoms with Gasteiger partial charge in [-0.25, -0.2) is 9.97 Å². The molecule has 0 unspecified atom stereocenters. The van der Waals surface area contributed by atoms with Gasteiger partial charge in [0.05, 0.1) is 17.7 Å². The molecule has 7 heteroatoms. The zero-order valence-corrected chi connectivity index (χ0v) is 16.5. The first-order valence-electron chi connectivity index (χ1n) is 8.58. The van der Waals surface area contributed by atoms with E-state index in [0.717, 1.165) is 33.9 Å². The summed E-state index contributed by atoms with van der Waals surface area (Å²) in [7, 11) is 1.75. The van der Waals surface area contributed by atoms with Gasteiger partial charge in [-0.05, 0) is 45.1 Å². The van der Waals surface area contributed by atoms with Gasteiger partial charge in [-0.15, -0.1) is 11.3 Å². The Kier molecular flexibility index (Phi) is 5.60. The fourth-order valence-corrected chi connectivity index (χ4v) is 5.68. The molecule has 0 bridgehead atoms. The minimum absolute atomic E-state index is 0.0359. The van der Waals surface area contributed by atoms with Crippen LogP contribution in [0.25, 0.3) is 10.2 Å². The number of nitrogens with zero attached hydrogens (tertiary/aromatic N) is 4. The fraction of sp³-hybridized carbons (Fsp3) is 0.556. The minimum Gasteiger partial charge on any atom is -0.344 e. The van der Waals surface area contributed by atoms with Gasteiger partial charge in [0.1, 0.15) is 15.7 Å². The number of thioether (sulfide) groups is 1. The van der Waals surface area contributed by atoms with Gasteiger partial charge in [-0.1, -0.05) is 11.8 Å². The van der Waals surface area contributed by atoms with Crippen molar-refractivity contribution >= 4 is 39.2 Å². The van der Waals surface area contributed by atoms with E-state index in [1.54, 1.807) is 23.3 Å². The molecule has 2 heterocycles. The second-order valence-electron chi connectivity index (χ2n) is 6.40. The summed E-state index contributed by atoms with van der Waals surface area (Å²) in [5.41, 5.74) is 1.39. The molecule has 0 fully saturated rings. The van der Waals surface area contributed by atoms with E-state index in [2.05, 4.69) is 16.0 Å². The highest BCUT2D eigenvalue weighted by molar-refractivity contribution is 8.00. The standard InChI is InChI=1S/C18H22N4OS2/c1-11(18(23)22(3)10-6-9-19)24-16-15-13-7-4-5-8-14(13)25-17(15)21-12(2)20-16/h11H,4-8,10H2,1-3H3/t11-/m1/s1. The summed E-state index contributed by atoms with van der Waals surface area (Å²) in [6.07, 6.45) is 5.02. The Morgan fingerprint density at radius 2 is 2.16 bits per heavy atom. The van der Waals surface area contributed by atoms with Crippen LogP contribution in [0.2, 0.25) is 0 Å². The Morgan fingerprint density at radius 3 is 2.92 bits per heavy atom. The number of carbonyl (C=O) groups is 1. The quantitative estimate of drug-likeness (QED) is 0.589. The molecule has 2 aromatic rings. The van der Waals surface area contributed by atoms with Gasteiger partial charge in [0.25, 0.3) is 0 Å². The van der Waals surface area contributed by atoms with Crippen LogP contribution in [0, 0.1) is 18.3 Å². The van der Waals surface area contributed by atoms with Crippen molar-refractivity contribution in [3.8, 4) is 6.07 Å². The summed E-state index contributed by atoms with van der Waals surface area (Å²) in [6, 6.07) is 2.08. The van der Waals surface area contributed by atoms with Crippen LogP contribution in [0.15, 0.2) is 5.03 Å². The van der Waals surface area contributed by atoms with Crippen LogP contribution in [0.3, 0.4) is 0 Å². The molecular formula is C18H22N4OS2. The Hall–Kier alpha value is -1.65. The average molecular weight is 375 g/mol. The molecule has 0 N–H and O–H groups in total. The van der Waals surface area contributed by atoms with E-state index in [1.165, 1.54) is 35.0 Å². The van der Waals surface area contributed by atoms with E-state index in [0.29, 0.717) is 13.0 Å². The molecule has 0 aromatic carbocycles. The summed E-state index contributed by atoms with van der Waals surface area (Å²) in [6.45, 7) is 4.29. The molecule has 1 atom stereocenters. The first kappa shape index (κ1) is 18.2. The highest BCUT2D eigenvalue weighted by Gasteiger charge is 2.24. The number of nitriles is 1. The highest BCUT2D eigenvalue weighted by Crippen LogP contribution is 2.40. The topological polar surface area (TPSA) is 69.9 Å². The molecule has 0 spiro atoms. The van der Waals surface area contributed by atoms with E-state index in [9.17, 15) is 4.79 Å². The summed E-state index contributed by atoms with van der Waals surface area (Å²) >= 11 is 3.30. The number of aryl methyl sites for hydroxylation is 3. The molecule has 0 saturated heterocycles. The van der Waals surface area contributed by atoms with Gasteiger partial charge in [-0.2, -0.15) is 5.26 Å². The van der Waals surface area contributed by atoms with Crippen LogP contribution >= 0.6 is 23.1 Å². The maximum atomic E-state index is 12.6. The number of fused-ring (bicyclic) bond motifs is 3. The van der Waals surface area contributed by atoms with E-state index >= 15 is 0 Å². The number of hydrogen-bond acceptors (Lipinski definition) is 6. The Balaban J connectivity index is 1.89. The van der Waals surface area contributed by atoms with Crippen molar-refractivity contribution in [1.29, 1.82) is 5.26 Å². The van der Waals surface area contributed by atoms with E-state index < -0.39 is 0 Å². The number of rotatable bonds is 5. The van der Waals surface area contributed by atoms with Crippen LogP contribution in [0.4, 0.5) is 0 Å². The maximum absolute atomic E-state index is 12.6. The van der Waals surface area contributed by atoms with Crippen molar-refractivity contribution in [1.82, 2.24) is 14.9 Å². The van der Waals surface area contributed by atoms with Gasteiger partial charge in [0, 0.05) is 23.9 Å². The third-order valence-electron chi connectivity index (χ3n) is 4.46. The first-order chi connectivity index (χ1) is 12.0. The zero-order chi connectivity index (χ0) is 18.0. The number of aromatic nitrogens is 2. The maximum Gasteiger partial charge on any atom is 0.235 e. The number of hydrogen-bond donors (Lipinski definition) is 0. The van der Waals surface area contributed by atoms with Crippen LogP contribution in [0.1, 0.15) is 42.5 Å². The second kappa shape index (κ2) is 7.71. The number of thiophene rings is 1. The molecule has 1 aliphatic rings. The zero-order valence-electron chi connectivity index (χ0n) is 14.8. The second-order valence-corrected chi connectivity index (χ2v) is 8.81. The van der Waals surface area contributed by atoms with Gasteiger partial charge in [0.2, 0.25) is 5.91 Å². The summed E-state index contributed by atoms with van der Waals surface area (Å²) in [4.78, 5) is 26.0. The lowest BCUT2D eigenvalue weighted by Crippen LogP contribution is -2.33. The van der Waals surface area contributed by atoms with Crippen molar-refractivity contribution in [2.75, 3.05) is 13.6 Å². The monoisotopic (exact) mass is 374 g/mol. The average Bonchev–Trinajstić information content (AvgIpc) is 2.96. The summed E-state index contributed by atoms with van der Waals surface area (Å²) < 4.78 is 0. The van der Waals surface area contributed by atoms with Crippen LogP contribution in [-0.4, -0.2) is 39.6 Å². The SMILES string of the molecule is Cc1nc(S[C@H](C)C(=O)N(C)CCC#N)c2c3c(sc2n1)CCCC3. The third kappa shape index (κ3) is 3.80. The lowest BCUT2D eigenvalue weighted by molar-refractivity contribution is -0.128. The Bertz CT molecular complexity index is 840. The molecule has 0 saturated carbocycles. The molecule has 132 valence electrons. The number of amides is 1. The van der Waals surface area contributed by atoms with Crippen molar-refractivity contribution in [3.05, 3.63) is 16.3 Å². The Labute approximate surface area is 156 Å². The first-order valence-corrected chi connectivity index (χ1v) is 10.3. The molecular weight excluding hydrogens is 352 g/mol. The molecule has 3 rings (SSSR count). The van der Waals surface area contributed by atoms with Gasteiger partial charge in [-0.3, -0.25) is 4.79 Å². The molecule has 0 aliphatic heterocycles. The lowest BCUT2D eigenvalue weighted by Gasteiger charge is -2.20. The molecule has 2 aromatic heterocycles. The molecule has 25 heavy (non-hydrogen) atoms. The molecule has 1 aliphatic carbocycles. The fourth-order valence-electron chi connectivity index (χ4n) is 3.17. The molecule has 1 amide bonds. The molecule has 5 nitrogen and oxygen atoms in total. The van der Waals surface area contributed by atoms with Crippen molar-refractivity contribution in [2.45, 2.75) is 56.2 Å². The van der Waals surface area contributed by atoms with Crippen molar-refractivity contribution in [2.24, 2.45) is 0 Å². The van der Waals surface area contributed by atoms with Gasteiger partial charge < -0.3 is 4.90 Å². The normalized spacial score (nSPS) is 14.8. The predicted molar refractivity (Wildman–Crippen MR) is 102 cm³/mol. The predicted octanol–water partition coefficient (Wildman–Crippen LogP) is 3.73. The third-order valence-corrected chi connectivity index (χ3v) is 6.72. The van der Waals surface area contributed by atoms with Gasteiger partial charge in [0.15, 0.2) is 0 Å².